The Hall–Kier alpha value is -1.07. The Balaban J connectivity index is 2.16. The van der Waals surface area contributed by atoms with Crippen LogP contribution in [-0.2, 0) is 16.4 Å². The number of benzene rings is 1. The Morgan fingerprint density at radius 3 is 2.43 bits per heavy atom. The second-order valence-corrected chi connectivity index (χ2v) is 8.25. The maximum Gasteiger partial charge on any atom is 0.150 e. The van der Waals surface area contributed by atoms with E-state index in [1.165, 1.54) is 6.26 Å². The van der Waals surface area contributed by atoms with Crippen molar-refractivity contribution in [2.45, 2.75) is 50.4 Å². The summed E-state index contributed by atoms with van der Waals surface area (Å²) in [6.07, 6.45) is 4.97. The van der Waals surface area contributed by atoms with Gasteiger partial charge < -0.3 is 10.6 Å². The lowest BCUT2D eigenvalue weighted by atomic mass is 9.93. The lowest BCUT2D eigenvalue weighted by Crippen LogP contribution is -2.42. The minimum absolute atomic E-state index is 0.186. The number of anilines is 1. The van der Waals surface area contributed by atoms with Crippen molar-refractivity contribution >= 4 is 15.5 Å². The lowest BCUT2D eigenvalue weighted by molar-refractivity contribution is 0.414. The van der Waals surface area contributed by atoms with E-state index in [1.807, 2.05) is 0 Å². The van der Waals surface area contributed by atoms with Crippen molar-refractivity contribution in [1.82, 2.24) is 0 Å². The number of hydrogen-bond donors (Lipinski definition) is 1. The molecule has 1 fully saturated rings. The topological polar surface area (TPSA) is 63.4 Å². The van der Waals surface area contributed by atoms with Crippen LogP contribution in [0.2, 0.25) is 0 Å². The maximum atomic E-state index is 11.8. The smallest absolute Gasteiger partial charge is 0.150 e. The fraction of sp³-hybridized carbons (Fsp3) is 0.625. The van der Waals surface area contributed by atoms with E-state index in [4.69, 9.17) is 5.73 Å². The molecule has 1 aliphatic rings. The van der Waals surface area contributed by atoms with E-state index in [0.717, 1.165) is 43.5 Å². The second-order valence-electron chi connectivity index (χ2n) is 5.93. The van der Waals surface area contributed by atoms with E-state index in [9.17, 15) is 8.42 Å². The SMILES string of the molecule is CCN(c1ccc(CN)cc1)C1CCCC(S(C)(=O)=O)C1. The molecule has 1 aromatic rings. The number of nitrogens with two attached hydrogens (primary N) is 1. The lowest BCUT2D eigenvalue weighted by Gasteiger charge is -2.38. The zero-order valence-corrected chi connectivity index (χ0v) is 13.8. The van der Waals surface area contributed by atoms with Gasteiger partial charge in [-0.3, -0.25) is 0 Å². The molecule has 1 aliphatic carbocycles. The van der Waals surface area contributed by atoms with Crippen LogP contribution < -0.4 is 10.6 Å². The van der Waals surface area contributed by atoms with Crippen molar-refractivity contribution < 1.29 is 8.42 Å². The predicted molar refractivity (Wildman–Crippen MR) is 88.2 cm³/mol. The van der Waals surface area contributed by atoms with Crippen LogP contribution in [0.25, 0.3) is 0 Å². The van der Waals surface area contributed by atoms with Crippen molar-refractivity contribution in [3.8, 4) is 0 Å². The molecule has 2 N–H and O–H groups in total. The molecular weight excluding hydrogens is 284 g/mol. The van der Waals surface area contributed by atoms with Gasteiger partial charge in [0.1, 0.15) is 9.84 Å². The van der Waals surface area contributed by atoms with Crippen LogP contribution in [0.4, 0.5) is 5.69 Å². The Morgan fingerprint density at radius 1 is 1.24 bits per heavy atom. The second kappa shape index (κ2) is 6.79. The van der Waals surface area contributed by atoms with E-state index in [-0.39, 0.29) is 5.25 Å². The fourth-order valence-corrected chi connectivity index (χ4v) is 4.43. The molecule has 2 rings (SSSR count). The molecule has 1 saturated carbocycles. The van der Waals surface area contributed by atoms with E-state index < -0.39 is 9.84 Å². The first kappa shape index (κ1) is 16.3. The van der Waals surface area contributed by atoms with Crippen LogP contribution in [0.3, 0.4) is 0 Å². The summed E-state index contributed by atoms with van der Waals surface area (Å²) in [5.74, 6) is 0. The van der Waals surface area contributed by atoms with Gasteiger partial charge in [0.15, 0.2) is 0 Å². The molecule has 0 radical (unpaired) electrons. The van der Waals surface area contributed by atoms with Gasteiger partial charge in [0.05, 0.1) is 5.25 Å². The van der Waals surface area contributed by atoms with Gasteiger partial charge in [-0.2, -0.15) is 0 Å². The number of hydrogen-bond acceptors (Lipinski definition) is 4. The Morgan fingerprint density at radius 2 is 1.90 bits per heavy atom. The largest absolute Gasteiger partial charge is 0.369 e. The van der Waals surface area contributed by atoms with Gasteiger partial charge in [-0.05, 0) is 43.9 Å². The highest BCUT2D eigenvalue weighted by molar-refractivity contribution is 7.91. The molecule has 5 heteroatoms. The van der Waals surface area contributed by atoms with Crippen LogP contribution in [0.15, 0.2) is 24.3 Å². The van der Waals surface area contributed by atoms with Crippen LogP contribution in [-0.4, -0.2) is 32.5 Å². The summed E-state index contributed by atoms with van der Waals surface area (Å²) in [6, 6.07) is 8.60. The molecule has 2 atom stereocenters. The molecule has 0 spiro atoms. The molecule has 4 nitrogen and oxygen atoms in total. The van der Waals surface area contributed by atoms with Crippen molar-refractivity contribution in [3.05, 3.63) is 29.8 Å². The van der Waals surface area contributed by atoms with Gasteiger partial charge in [0.2, 0.25) is 0 Å². The molecule has 0 saturated heterocycles. The van der Waals surface area contributed by atoms with Crippen LogP contribution in [0, 0.1) is 0 Å². The molecule has 118 valence electrons. The number of sulfone groups is 1. The van der Waals surface area contributed by atoms with Crippen LogP contribution in [0.5, 0.6) is 0 Å². The van der Waals surface area contributed by atoms with Crippen molar-refractivity contribution in [2.24, 2.45) is 5.73 Å². The van der Waals surface area contributed by atoms with E-state index >= 15 is 0 Å². The van der Waals surface area contributed by atoms with Gasteiger partial charge in [-0.1, -0.05) is 18.6 Å². The minimum atomic E-state index is -2.94. The Bertz CT molecular complexity index is 554. The summed E-state index contributed by atoms with van der Waals surface area (Å²) >= 11 is 0. The molecule has 0 heterocycles. The molecule has 0 aromatic heterocycles. The van der Waals surface area contributed by atoms with Gasteiger partial charge in [-0.25, -0.2) is 8.42 Å². The minimum Gasteiger partial charge on any atom is -0.369 e. The molecular formula is C16H26N2O2S. The molecule has 0 bridgehead atoms. The Labute approximate surface area is 128 Å². The first-order valence-corrected chi connectivity index (χ1v) is 9.65. The highest BCUT2D eigenvalue weighted by Gasteiger charge is 2.31. The quantitative estimate of drug-likeness (QED) is 0.906. The average molecular weight is 310 g/mol. The molecule has 0 amide bonds. The highest BCUT2D eigenvalue weighted by atomic mass is 32.2. The van der Waals surface area contributed by atoms with Gasteiger partial charge in [0, 0.05) is 31.1 Å². The van der Waals surface area contributed by atoms with Crippen LogP contribution >= 0.6 is 0 Å². The first-order chi connectivity index (χ1) is 9.95. The summed E-state index contributed by atoms with van der Waals surface area (Å²) in [5, 5.41) is -0.186. The molecule has 2 unspecified atom stereocenters. The molecule has 21 heavy (non-hydrogen) atoms. The highest BCUT2D eigenvalue weighted by Crippen LogP contribution is 2.30. The number of nitrogens with zero attached hydrogens (tertiary/aromatic N) is 1. The molecule has 0 aliphatic heterocycles. The van der Waals surface area contributed by atoms with E-state index in [0.29, 0.717) is 12.6 Å². The van der Waals surface area contributed by atoms with Crippen LogP contribution in [0.1, 0.15) is 38.2 Å². The monoisotopic (exact) mass is 310 g/mol. The first-order valence-electron chi connectivity index (χ1n) is 7.70. The zero-order valence-electron chi connectivity index (χ0n) is 13.0. The predicted octanol–water partition coefficient (Wildman–Crippen LogP) is 2.33. The number of rotatable bonds is 5. The summed E-state index contributed by atoms with van der Waals surface area (Å²) in [5.41, 5.74) is 7.92. The zero-order chi connectivity index (χ0) is 15.5. The van der Waals surface area contributed by atoms with Gasteiger partial charge in [0.25, 0.3) is 0 Å². The normalized spacial score (nSPS) is 23.0. The van der Waals surface area contributed by atoms with E-state index in [1.54, 1.807) is 0 Å². The van der Waals surface area contributed by atoms with Crippen molar-refractivity contribution in [1.29, 1.82) is 0 Å². The standard InChI is InChI=1S/C16H26N2O2S/c1-3-18(14-9-7-13(12-17)8-10-14)15-5-4-6-16(11-15)21(2,19)20/h7-10,15-16H,3-6,11-12,17H2,1-2H3. The summed E-state index contributed by atoms with van der Waals surface area (Å²) in [4.78, 5) is 2.33. The average Bonchev–Trinajstić information content (AvgIpc) is 2.48. The van der Waals surface area contributed by atoms with Gasteiger partial charge >= 0.3 is 0 Å². The van der Waals surface area contributed by atoms with E-state index in [2.05, 4.69) is 36.1 Å². The van der Waals surface area contributed by atoms with Gasteiger partial charge in [-0.15, -0.1) is 0 Å². The molecule has 1 aromatic carbocycles. The third-order valence-electron chi connectivity index (χ3n) is 4.49. The third-order valence-corrected chi connectivity index (χ3v) is 6.13. The summed E-state index contributed by atoms with van der Waals surface area (Å²) in [6.45, 7) is 3.57. The fourth-order valence-electron chi connectivity index (χ4n) is 3.27. The third kappa shape index (κ3) is 3.98. The van der Waals surface area contributed by atoms with Crippen molar-refractivity contribution in [2.75, 3.05) is 17.7 Å². The Kier molecular flexibility index (Phi) is 5.27. The maximum absolute atomic E-state index is 11.8. The summed E-state index contributed by atoms with van der Waals surface area (Å²) in [7, 11) is -2.94. The summed E-state index contributed by atoms with van der Waals surface area (Å²) < 4.78 is 23.7. The van der Waals surface area contributed by atoms with Crippen molar-refractivity contribution in [3.63, 3.8) is 0 Å².